The standard InChI is InChI=1S/C13H20N4O/c1-13(4-6-18-7-5-13)17-11-8-10(14)15-12(16-11)9-2-3-9/h8-9H,2-7H2,1H3,(H3,14,15,16,17). The molecule has 0 spiro atoms. The van der Waals surface area contributed by atoms with E-state index in [0.29, 0.717) is 11.7 Å². The minimum Gasteiger partial charge on any atom is -0.384 e. The fourth-order valence-corrected chi connectivity index (χ4v) is 2.33. The van der Waals surface area contributed by atoms with Crippen molar-refractivity contribution in [2.24, 2.45) is 0 Å². The second-order valence-corrected chi connectivity index (χ2v) is 5.61. The van der Waals surface area contributed by atoms with Gasteiger partial charge in [-0.25, -0.2) is 9.97 Å². The van der Waals surface area contributed by atoms with Gasteiger partial charge in [0.25, 0.3) is 0 Å². The van der Waals surface area contributed by atoms with E-state index < -0.39 is 0 Å². The number of nitrogens with zero attached hydrogens (tertiary/aromatic N) is 2. The predicted molar refractivity (Wildman–Crippen MR) is 70.5 cm³/mol. The van der Waals surface area contributed by atoms with Crippen LogP contribution >= 0.6 is 0 Å². The van der Waals surface area contributed by atoms with E-state index >= 15 is 0 Å². The number of nitrogens with one attached hydrogen (secondary N) is 1. The average molecular weight is 248 g/mol. The molecule has 0 amide bonds. The fourth-order valence-electron chi connectivity index (χ4n) is 2.33. The van der Waals surface area contributed by atoms with Gasteiger partial charge in [0.2, 0.25) is 0 Å². The van der Waals surface area contributed by atoms with Gasteiger partial charge in [-0.3, -0.25) is 0 Å². The summed E-state index contributed by atoms with van der Waals surface area (Å²) in [6, 6.07) is 1.83. The van der Waals surface area contributed by atoms with Crippen LogP contribution in [0.15, 0.2) is 6.07 Å². The lowest BCUT2D eigenvalue weighted by Crippen LogP contribution is -2.41. The van der Waals surface area contributed by atoms with Gasteiger partial charge >= 0.3 is 0 Å². The third-order valence-electron chi connectivity index (χ3n) is 3.73. The van der Waals surface area contributed by atoms with Crippen LogP contribution in [-0.2, 0) is 4.74 Å². The highest BCUT2D eigenvalue weighted by Gasteiger charge is 2.30. The van der Waals surface area contributed by atoms with Crippen LogP contribution in [0.5, 0.6) is 0 Å². The van der Waals surface area contributed by atoms with Crippen LogP contribution in [0.25, 0.3) is 0 Å². The molecular weight excluding hydrogens is 228 g/mol. The monoisotopic (exact) mass is 248 g/mol. The lowest BCUT2D eigenvalue weighted by Gasteiger charge is -2.35. The molecule has 1 saturated heterocycles. The van der Waals surface area contributed by atoms with Gasteiger partial charge < -0.3 is 15.8 Å². The molecule has 1 aliphatic heterocycles. The van der Waals surface area contributed by atoms with Crippen molar-refractivity contribution in [1.82, 2.24) is 9.97 Å². The molecule has 5 nitrogen and oxygen atoms in total. The maximum atomic E-state index is 5.86. The van der Waals surface area contributed by atoms with Gasteiger partial charge in [0.1, 0.15) is 17.5 Å². The van der Waals surface area contributed by atoms with Crippen LogP contribution in [0, 0.1) is 0 Å². The molecule has 2 fully saturated rings. The molecule has 0 radical (unpaired) electrons. The van der Waals surface area contributed by atoms with E-state index in [-0.39, 0.29) is 5.54 Å². The molecule has 3 N–H and O–H groups in total. The maximum absolute atomic E-state index is 5.86. The number of rotatable bonds is 3. The van der Waals surface area contributed by atoms with E-state index in [4.69, 9.17) is 10.5 Å². The SMILES string of the molecule is CC1(Nc2cc(N)nc(C3CC3)n2)CCOCC1. The molecule has 0 unspecified atom stereocenters. The highest BCUT2D eigenvalue weighted by Crippen LogP contribution is 2.39. The molecule has 5 heteroatoms. The molecule has 0 aromatic carbocycles. The first-order chi connectivity index (χ1) is 8.65. The van der Waals surface area contributed by atoms with Crippen molar-refractivity contribution in [2.75, 3.05) is 24.3 Å². The van der Waals surface area contributed by atoms with Crippen molar-refractivity contribution in [3.8, 4) is 0 Å². The van der Waals surface area contributed by atoms with E-state index in [0.717, 1.165) is 37.7 Å². The highest BCUT2D eigenvalue weighted by molar-refractivity contribution is 5.47. The van der Waals surface area contributed by atoms with Gasteiger partial charge in [-0.2, -0.15) is 0 Å². The highest BCUT2D eigenvalue weighted by atomic mass is 16.5. The smallest absolute Gasteiger partial charge is 0.136 e. The Balaban J connectivity index is 1.78. The zero-order valence-corrected chi connectivity index (χ0v) is 10.8. The molecule has 2 aliphatic rings. The van der Waals surface area contributed by atoms with Gasteiger partial charge in [-0.05, 0) is 32.6 Å². The number of nitrogens with two attached hydrogens (primary N) is 1. The third kappa shape index (κ3) is 2.56. The van der Waals surface area contributed by atoms with Gasteiger partial charge in [-0.15, -0.1) is 0 Å². The van der Waals surface area contributed by atoms with E-state index in [1.54, 1.807) is 0 Å². The Morgan fingerprint density at radius 3 is 2.72 bits per heavy atom. The average Bonchev–Trinajstić information content (AvgIpc) is 3.12. The van der Waals surface area contributed by atoms with E-state index in [2.05, 4.69) is 22.2 Å². The normalized spacial score (nSPS) is 22.7. The zero-order chi connectivity index (χ0) is 12.6. The topological polar surface area (TPSA) is 73.1 Å². The third-order valence-corrected chi connectivity index (χ3v) is 3.73. The van der Waals surface area contributed by atoms with E-state index in [9.17, 15) is 0 Å². The summed E-state index contributed by atoms with van der Waals surface area (Å²) >= 11 is 0. The number of anilines is 2. The Labute approximate surface area is 107 Å². The second kappa shape index (κ2) is 4.39. The van der Waals surface area contributed by atoms with Crippen molar-refractivity contribution < 1.29 is 4.74 Å². The summed E-state index contributed by atoms with van der Waals surface area (Å²) in [7, 11) is 0. The lowest BCUT2D eigenvalue weighted by atomic mass is 9.92. The molecule has 1 aliphatic carbocycles. The Bertz CT molecular complexity index is 439. The van der Waals surface area contributed by atoms with Crippen LogP contribution in [0.2, 0.25) is 0 Å². The first kappa shape index (κ1) is 11.7. The summed E-state index contributed by atoms with van der Waals surface area (Å²) in [5.74, 6) is 2.84. The van der Waals surface area contributed by atoms with Crippen LogP contribution in [0.1, 0.15) is 44.3 Å². The summed E-state index contributed by atoms with van der Waals surface area (Å²) in [6.07, 6.45) is 4.37. The largest absolute Gasteiger partial charge is 0.384 e. The zero-order valence-electron chi connectivity index (χ0n) is 10.8. The molecule has 2 heterocycles. The Morgan fingerprint density at radius 2 is 2.06 bits per heavy atom. The first-order valence-corrected chi connectivity index (χ1v) is 6.65. The summed E-state index contributed by atoms with van der Waals surface area (Å²) in [5.41, 5.74) is 5.91. The van der Waals surface area contributed by atoms with Gasteiger partial charge in [0.15, 0.2) is 0 Å². The Morgan fingerprint density at radius 1 is 1.33 bits per heavy atom. The van der Waals surface area contributed by atoms with Gasteiger partial charge in [0.05, 0.1) is 0 Å². The number of nitrogen functional groups attached to an aromatic ring is 1. The predicted octanol–water partition coefficient (Wildman–Crippen LogP) is 1.92. The summed E-state index contributed by atoms with van der Waals surface area (Å²) in [6.45, 7) is 3.82. The molecule has 18 heavy (non-hydrogen) atoms. The Hall–Kier alpha value is -1.36. The first-order valence-electron chi connectivity index (χ1n) is 6.65. The van der Waals surface area contributed by atoms with Crippen LogP contribution < -0.4 is 11.1 Å². The quantitative estimate of drug-likeness (QED) is 0.855. The number of ether oxygens (including phenoxy) is 1. The van der Waals surface area contributed by atoms with Gasteiger partial charge in [-0.1, -0.05) is 0 Å². The second-order valence-electron chi connectivity index (χ2n) is 5.61. The molecule has 98 valence electrons. The van der Waals surface area contributed by atoms with Crippen molar-refractivity contribution in [3.05, 3.63) is 11.9 Å². The summed E-state index contributed by atoms with van der Waals surface area (Å²) in [4.78, 5) is 8.91. The van der Waals surface area contributed by atoms with Crippen LogP contribution in [0.3, 0.4) is 0 Å². The number of aromatic nitrogens is 2. The summed E-state index contributed by atoms with van der Waals surface area (Å²) in [5, 5.41) is 3.51. The van der Waals surface area contributed by atoms with E-state index in [1.807, 2.05) is 6.07 Å². The molecule has 1 saturated carbocycles. The van der Waals surface area contributed by atoms with Crippen molar-refractivity contribution in [3.63, 3.8) is 0 Å². The minimum absolute atomic E-state index is 0.0554. The Kier molecular flexibility index (Phi) is 2.86. The van der Waals surface area contributed by atoms with Crippen molar-refractivity contribution in [2.45, 2.75) is 44.1 Å². The van der Waals surface area contributed by atoms with Gasteiger partial charge in [0, 0.05) is 30.7 Å². The molecule has 3 rings (SSSR count). The lowest BCUT2D eigenvalue weighted by molar-refractivity contribution is 0.0657. The van der Waals surface area contributed by atoms with Crippen LogP contribution in [-0.4, -0.2) is 28.7 Å². The minimum atomic E-state index is 0.0554. The van der Waals surface area contributed by atoms with Crippen molar-refractivity contribution >= 4 is 11.6 Å². The molecule has 1 aromatic heterocycles. The fraction of sp³-hybridized carbons (Fsp3) is 0.692. The van der Waals surface area contributed by atoms with Crippen LogP contribution in [0.4, 0.5) is 11.6 Å². The number of hydrogen-bond donors (Lipinski definition) is 2. The molecule has 0 atom stereocenters. The van der Waals surface area contributed by atoms with E-state index in [1.165, 1.54) is 12.8 Å². The molecule has 1 aromatic rings. The molecule has 0 bridgehead atoms. The summed E-state index contributed by atoms with van der Waals surface area (Å²) < 4.78 is 5.40. The van der Waals surface area contributed by atoms with Crippen molar-refractivity contribution in [1.29, 1.82) is 0 Å². The molecular formula is C13H20N4O. The number of hydrogen-bond acceptors (Lipinski definition) is 5. The maximum Gasteiger partial charge on any atom is 0.136 e.